The molecule has 0 unspecified atom stereocenters. The molecule has 5 rings (SSSR count). The van der Waals surface area contributed by atoms with E-state index >= 15 is 0 Å². The Balaban J connectivity index is 1.66. The van der Waals surface area contributed by atoms with Crippen LogP contribution in [0, 0.1) is 6.92 Å². The van der Waals surface area contributed by atoms with Crippen molar-refractivity contribution < 1.29 is 4.74 Å². The van der Waals surface area contributed by atoms with Gasteiger partial charge in [0, 0.05) is 36.0 Å². The fourth-order valence-corrected chi connectivity index (χ4v) is 4.49. The lowest BCUT2D eigenvalue weighted by Crippen LogP contribution is -2.30. The number of thiocarbonyl (C=S) groups is 1. The zero-order valence-electron chi connectivity index (χ0n) is 17.8. The predicted molar refractivity (Wildman–Crippen MR) is 129 cm³/mol. The average Bonchev–Trinajstić information content (AvgIpc) is 3.44. The fourth-order valence-electron chi connectivity index (χ4n) is 4.14. The molecule has 6 nitrogen and oxygen atoms in total. The van der Waals surface area contributed by atoms with E-state index in [-0.39, 0.29) is 12.1 Å². The van der Waals surface area contributed by atoms with Crippen LogP contribution in [0.1, 0.15) is 29.0 Å². The van der Waals surface area contributed by atoms with Crippen LogP contribution in [0.4, 0.5) is 5.69 Å². The van der Waals surface area contributed by atoms with E-state index < -0.39 is 0 Å². The van der Waals surface area contributed by atoms with E-state index in [2.05, 4.69) is 36.9 Å². The van der Waals surface area contributed by atoms with Crippen LogP contribution >= 0.6 is 12.2 Å². The maximum atomic E-state index is 5.83. The van der Waals surface area contributed by atoms with Crippen LogP contribution in [0.15, 0.2) is 85.3 Å². The molecule has 4 aromatic rings. The van der Waals surface area contributed by atoms with Gasteiger partial charge in [0.25, 0.3) is 0 Å². The quantitative estimate of drug-likeness (QED) is 0.451. The van der Waals surface area contributed by atoms with Crippen molar-refractivity contribution in [1.82, 2.24) is 19.9 Å². The summed E-state index contributed by atoms with van der Waals surface area (Å²) in [5, 5.41) is 4.14. The van der Waals surface area contributed by atoms with E-state index in [4.69, 9.17) is 17.0 Å². The van der Waals surface area contributed by atoms with Gasteiger partial charge in [-0.25, -0.2) is 4.98 Å². The molecule has 160 valence electrons. The average molecular weight is 442 g/mol. The van der Waals surface area contributed by atoms with Crippen LogP contribution in [0.5, 0.6) is 5.75 Å². The lowest BCUT2D eigenvalue weighted by Gasteiger charge is -2.29. The fraction of sp³-hybridized carbons (Fsp3) is 0.160. The molecule has 4 heterocycles. The van der Waals surface area contributed by atoms with Gasteiger partial charge in [-0.15, -0.1) is 0 Å². The maximum Gasteiger partial charge on any atom is 0.174 e. The Morgan fingerprint density at radius 3 is 2.66 bits per heavy atom. The third kappa shape index (κ3) is 3.61. The van der Waals surface area contributed by atoms with Crippen molar-refractivity contribution in [2.24, 2.45) is 0 Å². The second-order valence-electron chi connectivity index (χ2n) is 7.69. The predicted octanol–water partition coefficient (Wildman–Crippen LogP) is 4.76. The number of pyridine rings is 2. The van der Waals surface area contributed by atoms with Gasteiger partial charge in [0.2, 0.25) is 0 Å². The zero-order chi connectivity index (χ0) is 22.1. The Morgan fingerprint density at radius 2 is 1.91 bits per heavy atom. The summed E-state index contributed by atoms with van der Waals surface area (Å²) < 4.78 is 7.59. The molecule has 1 N–H and O–H groups in total. The summed E-state index contributed by atoms with van der Waals surface area (Å²) in [6.45, 7) is 2.04. The van der Waals surface area contributed by atoms with Crippen LogP contribution in [0.25, 0.3) is 5.82 Å². The van der Waals surface area contributed by atoms with Gasteiger partial charge in [0.1, 0.15) is 17.6 Å². The Labute approximate surface area is 192 Å². The van der Waals surface area contributed by atoms with E-state index in [0.717, 1.165) is 34.2 Å². The molecular weight excluding hydrogens is 418 g/mol. The van der Waals surface area contributed by atoms with Crippen LogP contribution in [-0.4, -0.2) is 26.8 Å². The summed E-state index contributed by atoms with van der Waals surface area (Å²) in [4.78, 5) is 11.4. The third-order valence-corrected chi connectivity index (χ3v) is 5.97. The zero-order valence-corrected chi connectivity index (χ0v) is 18.7. The third-order valence-electron chi connectivity index (χ3n) is 5.66. The van der Waals surface area contributed by atoms with Gasteiger partial charge in [-0.3, -0.25) is 4.98 Å². The number of hydrogen-bond acceptors (Lipinski definition) is 4. The second kappa shape index (κ2) is 8.43. The Kier molecular flexibility index (Phi) is 5.33. The largest absolute Gasteiger partial charge is 0.497 e. The van der Waals surface area contributed by atoms with E-state index in [0.29, 0.717) is 5.11 Å². The van der Waals surface area contributed by atoms with E-state index in [1.165, 1.54) is 0 Å². The number of benzene rings is 1. The first kappa shape index (κ1) is 20.2. The topological polar surface area (TPSA) is 55.2 Å². The molecule has 7 heteroatoms. The number of ether oxygens (including phenoxy) is 1. The monoisotopic (exact) mass is 441 g/mol. The molecule has 32 heavy (non-hydrogen) atoms. The lowest BCUT2D eigenvalue weighted by atomic mass is 10.0. The Morgan fingerprint density at radius 1 is 1.00 bits per heavy atom. The Bertz CT molecular complexity index is 1240. The summed E-state index contributed by atoms with van der Waals surface area (Å²) in [5.74, 6) is 1.64. The van der Waals surface area contributed by atoms with Crippen molar-refractivity contribution in [3.63, 3.8) is 0 Å². The van der Waals surface area contributed by atoms with E-state index in [1.54, 1.807) is 7.11 Å². The van der Waals surface area contributed by atoms with Gasteiger partial charge in [-0.2, -0.15) is 0 Å². The molecule has 2 atom stereocenters. The number of aryl methyl sites for hydroxylation is 1. The van der Waals surface area contributed by atoms with Gasteiger partial charge in [-0.1, -0.05) is 18.2 Å². The van der Waals surface area contributed by atoms with Crippen molar-refractivity contribution in [2.45, 2.75) is 19.0 Å². The molecular formula is C25H23N5OS. The SMILES string of the molecule is COc1cccc(N2C(=S)N[C@@H](c3ccccn3)[C@@H]2c2cccn2-c2ccc(C)cn2)c1. The van der Waals surface area contributed by atoms with Gasteiger partial charge in [0.05, 0.1) is 18.8 Å². The number of rotatable bonds is 5. The second-order valence-corrected chi connectivity index (χ2v) is 8.08. The standard InChI is InChI=1S/C25H23N5OS/c1-17-11-12-22(27-16-17)29-14-6-10-21(29)24-23(20-9-3-4-13-26-20)28-25(32)30(24)18-7-5-8-19(15-18)31-2/h3-16,23-24H,1-2H3,(H,28,32)/t23-,24-/m0/s1. The molecule has 1 aliphatic heterocycles. The molecule has 0 radical (unpaired) electrons. The molecule has 1 saturated heterocycles. The van der Waals surface area contributed by atoms with Gasteiger partial charge in [-0.05, 0) is 67.2 Å². The van der Waals surface area contributed by atoms with Crippen LogP contribution in [0.3, 0.4) is 0 Å². The number of aromatic nitrogens is 3. The molecule has 1 aromatic carbocycles. The van der Waals surface area contributed by atoms with Crippen LogP contribution in [0.2, 0.25) is 0 Å². The molecule has 0 saturated carbocycles. The van der Waals surface area contributed by atoms with E-state index in [1.807, 2.05) is 80.1 Å². The highest BCUT2D eigenvalue weighted by molar-refractivity contribution is 7.80. The highest BCUT2D eigenvalue weighted by Crippen LogP contribution is 2.42. The molecule has 0 spiro atoms. The smallest absolute Gasteiger partial charge is 0.174 e. The number of hydrogen-bond donors (Lipinski definition) is 1. The summed E-state index contributed by atoms with van der Waals surface area (Å²) >= 11 is 5.83. The van der Waals surface area contributed by atoms with Crippen molar-refractivity contribution in [3.05, 3.63) is 102 Å². The first-order valence-electron chi connectivity index (χ1n) is 10.4. The lowest BCUT2D eigenvalue weighted by molar-refractivity contribution is 0.414. The minimum atomic E-state index is -0.136. The number of nitrogens with zero attached hydrogens (tertiary/aromatic N) is 4. The van der Waals surface area contributed by atoms with Crippen molar-refractivity contribution in [2.75, 3.05) is 12.0 Å². The first-order chi connectivity index (χ1) is 15.7. The molecule has 1 fully saturated rings. The van der Waals surface area contributed by atoms with Gasteiger partial charge < -0.3 is 19.5 Å². The van der Waals surface area contributed by atoms with Gasteiger partial charge in [0.15, 0.2) is 5.11 Å². The Hall–Kier alpha value is -3.71. The van der Waals surface area contributed by atoms with E-state index in [9.17, 15) is 0 Å². The summed E-state index contributed by atoms with van der Waals surface area (Å²) in [6.07, 6.45) is 5.73. The summed E-state index contributed by atoms with van der Waals surface area (Å²) in [7, 11) is 1.67. The molecule has 1 aliphatic rings. The van der Waals surface area contributed by atoms with Crippen molar-refractivity contribution in [1.29, 1.82) is 0 Å². The van der Waals surface area contributed by atoms with Crippen molar-refractivity contribution >= 4 is 23.0 Å². The van der Waals surface area contributed by atoms with Crippen LogP contribution < -0.4 is 15.0 Å². The van der Waals surface area contributed by atoms with Crippen molar-refractivity contribution in [3.8, 4) is 11.6 Å². The van der Waals surface area contributed by atoms with Crippen LogP contribution in [-0.2, 0) is 0 Å². The first-order valence-corrected chi connectivity index (χ1v) is 10.8. The molecule has 3 aromatic heterocycles. The molecule has 0 aliphatic carbocycles. The highest BCUT2D eigenvalue weighted by atomic mass is 32.1. The number of anilines is 1. The summed E-state index contributed by atoms with van der Waals surface area (Å²) in [5.41, 5.74) is 4.06. The maximum absolute atomic E-state index is 5.83. The summed E-state index contributed by atoms with van der Waals surface area (Å²) in [6, 6.07) is 21.9. The molecule has 0 amide bonds. The van der Waals surface area contributed by atoms with Gasteiger partial charge >= 0.3 is 0 Å². The molecule has 0 bridgehead atoms. The highest BCUT2D eigenvalue weighted by Gasteiger charge is 2.42. The number of methoxy groups -OCH3 is 1. The normalized spacial score (nSPS) is 17.9. The minimum absolute atomic E-state index is 0.131. The number of nitrogens with one attached hydrogen (secondary N) is 1. The minimum Gasteiger partial charge on any atom is -0.497 e.